The van der Waals surface area contributed by atoms with Crippen LogP contribution in [0.3, 0.4) is 0 Å². The number of nitrogens with zero attached hydrogens (tertiary/aromatic N) is 1. The van der Waals surface area contributed by atoms with Gasteiger partial charge in [-0.1, -0.05) is 148 Å². The van der Waals surface area contributed by atoms with Gasteiger partial charge in [0.25, 0.3) is 0 Å². The minimum atomic E-state index is -4.25. The Hall–Kier alpha value is -1.95. The summed E-state index contributed by atoms with van der Waals surface area (Å²) in [5.41, 5.74) is 2.61. The molecular weight excluding hydrogens is 526 g/mol. The molecule has 0 spiro atoms. The second-order valence-corrected chi connectivity index (χ2v) is 11.9. The third-order valence-electron chi connectivity index (χ3n) is 6.89. The van der Waals surface area contributed by atoms with Gasteiger partial charge in [-0.05, 0) is 43.4 Å². The lowest BCUT2D eigenvalue weighted by Gasteiger charge is -2.35. The summed E-state index contributed by atoms with van der Waals surface area (Å²) in [5.74, 6) is 0. The molecule has 0 saturated heterocycles. The van der Waals surface area contributed by atoms with Gasteiger partial charge in [-0.15, -0.1) is 0 Å². The smallest absolute Gasteiger partial charge is 0.124 e. The number of hydrogen-bond acceptors (Lipinski definition) is 3. The highest BCUT2D eigenvalue weighted by Crippen LogP contribution is 2.20. The van der Waals surface area contributed by atoms with Gasteiger partial charge in [0.05, 0.1) is 25.0 Å². The lowest BCUT2D eigenvalue weighted by Crippen LogP contribution is -2.46. The van der Waals surface area contributed by atoms with E-state index in [0.29, 0.717) is 0 Å². The van der Waals surface area contributed by atoms with E-state index in [1.807, 2.05) is 27.7 Å². The van der Waals surface area contributed by atoms with Crippen LogP contribution in [0.25, 0.3) is 5.57 Å². The van der Waals surface area contributed by atoms with Gasteiger partial charge in [0, 0.05) is 5.57 Å². The third-order valence-corrected chi connectivity index (χ3v) is 7.74. The largest absolute Gasteiger partial charge is 0.744 e. The predicted molar refractivity (Wildman–Crippen MR) is 180 cm³/mol. The fourth-order valence-electron chi connectivity index (χ4n) is 4.63. The van der Waals surface area contributed by atoms with Crippen molar-refractivity contribution in [3.63, 3.8) is 0 Å². The maximum Gasteiger partial charge on any atom is 0.124 e. The first kappa shape index (κ1) is 41.2. The Labute approximate surface area is 255 Å². The van der Waals surface area contributed by atoms with Crippen molar-refractivity contribution in [2.75, 3.05) is 26.7 Å². The molecule has 2 aromatic rings. The van der Waals surface area contributed by atoms with Gasteiger partial charge in [-0.25, -0.2) is 8.42 Å². The minimum absolute atomic E-state index is 0.185. The fraction of sp³-hybridized carbons (Fsp3) is 0.611. The van der Waals surface area contributed by atoms with Crippen molar-refractivity contribution in [3.05, 3.63) is 72.8 Å². The Balaban J connectivity index is 0. The van der Waals surface area contributed by atoms with E-state index in [9.17, 15) is 13.0 Å². The van der Waals surface area contributed by atoms with E-state index in [4.69, 9.17) is 0 Å². The van der Waals surface area contributed by atoms with Gasteiger partial charge < -0.3 is 9.04 Å². The lowest BCUT2D eigenvalue weighted by molar-refractivity contribution is -0.902. The molecule has 0 atom stereocenters. The number of hydrogen-bond donors (Lipinski definition) is 0. The molecule has 41 heavy (non-hydrogen) atoms. The summed E-state index contributed by atoms with van der Waals surface area (Å²) in [7, 11) is -1.79. The molecule has 0 radical (unpaired) electrons. The van der Waals surface area contributed by atoms with Crippen LogP contribution < -0.4 is 0 Å². The summed E-state index contributed by atoms with van der Waals surface area (Å²) in [6, 6.07) is 18.0. The zero-order valence-electron chi connectivity index (χ0n) is 27.7. The van der Waals surface area contributed by atoms with Crippen LogP contribution in [-0.2, 0) is 10.1 Å². The summed E-state index contributed by atoms with van der Waals surface area (Å²) >= 11 is 0. The van der Waals surface area contributed by atoms with Crippen molar-refractivity contribution >= 4 is 15.7 Å². The second kappa shape index (κ2) is 26.9. The maximum absolute atomic E-state index is 10.3. The molecule has 236 valence electrons. The Kier molecular flexibility index (Phi) is 27.0. The van der Waals surface area contributed by atoms with Crippen LogP contribution in [0.15, 0.2) is 72.1 Å². The van der Waals surface area contributed by atoms with Crippen molar-refractivity contribution in [2.24, 2.45) is 0 Å². The summed E-state index contributed by atoms with van der Waals surface area (Å²) in [6.07, 6.45) is 16.6. The Bertz CT molecular complexity index is 927. The van der Waals surface area contributed by atoms with Gasteiger partial charge in [0.1, 0.15) is 16.7 Å². The molecule has 0 unspecified atom stereocenters. The van der Waals surface area contributed by atoms with Gasteiger partial charge in [-0.3, -0.25) is 0 Å². The molecule has 0 aliphatic rings. The summed E-state index contributed by atoms with van der Waals surface area (Å²) in [4.78, 5) is -0.185. The average molecular weight is 590 g/mol. The van der Waals surface area contributed by atoms with Crippen molar-refractivity contribution < 1.29 is 17.5 Å². The monoisotopic (exact) mass is 589 g/mol. The molecule has 0 N–H and O–H groups in total. The Morgan fingerprint density at radius 1 is 0.659 bits per heavy atom. The van der Waals surface area contributed by atoms with Crippen LogP contribution in [-0.4, -0.2) is 44.1 Å². The number of benzene rings is 2. The minimum Gasteiger partial charge on any atom is -0.744 e. The Morgan fingerprint density at radius 2 is 1.02 bits per heavy atom. The van der Waals surface area contributed by atoms with Crippen LogP contribution in [0, 0.1) is 0 Å². The molecule has 4 nitrogen and oxygen atoms in total. The molecule has 0 fully saturated rings. The van der Waals surface area contributed by atoms with Gasteiger partial charge in [0.15, 0.2) is 0 Å². The summed E-state index contributed by atoms with van der Waals surface area (Å²) in [6.45, 7) is 20.7. The molecule has 2 aromatic carbocycles. The van der Waals surface area contributed by atoms with Crippen molar-refractivity contribution in [1.82, 2.24) is 0 Å². The van der Waals surface area contributed by atoms with E-state index in [1.165, 1.54) is 126 Å². The highest BCUT2D eigenvalue weighted by atomic mass is 32.2. The van der Waals surface area contributed by atoms with Crippen LogP contribution in [0.5, 0.6) is 0 Å². The van der Waals surface area contributed by atoms with Crippen LogP contribution >= 0.6 is 0 Å². The molecule has 0 saturated carbocycles. The molecule has 2 rings (SSSR count). The number of rotatable bonds is 18. The highest BCUT2D eigenvalue weighted by molar-refractivity contribution is 7.85. The normalized spacial score (nSPS) is 10.7. The molecule has 0 aromatic heterocycles. The zero-order valence-corrected chi connectivity index (χ0v) is 28.5. The molecular formula is C36H63NO3S. The number of quaternary nitrogens is 1. The SMILES string of the molecule is C=C(C[N+](C)(CCCCCCCC)CCCCCCCC)c1ccccc1.CC.CC.O=S(=O)([O-])c1ccccc1. The Morgan fingerprint density at radius 3 is 1.39 bits per heavy atom. The van der Waals surface area contributed by atoms with Crippen molar-refractivity contribution in [3.8, 4) is 0 Å². The van der Waals surface area contributed by atoms with Crippen LogP contribution in [0.1, 0.15) is 124 Å². The molecule has 0 amide bonds. The van der Waals surface area contributed by atoms with Gasteiger partial charge >= 0.3 is 0 Å². The van der Waals surface area contributed by atoms with Gasteiger partial charge in [-0.2, -0.15) is 0 Å². The zero-order chi connectivity index (χ0) is 31.4. The molecule has 0 aliphatic carbocycles. The standard InChI is InChI=1S/C26H46N.C6H6O3S.2C2H6/c1-5-7-9-11-13-18-22-27(4,23-19-14-12-10-8-6-2)24-25(3)26-20-16-15-17-21-26;7-10(8,9)6-4-2-1-3-5-6;2*1-2/h15-17,20-21H,3,5-14,18-19,22-24H2,1-2,4H3;1-5H,(H,7,8,9);2*1-2H3/q+1;;;/p-1. The fourth-order valence-corrected chi connectivity index (χ4v) is 5.12. The highest BCUT2D eigenvalue weighted by Gasteiger charge is 2.22. The average Bonchev–Trinajstić information content (AvgIpc) is 2.99. The third kappa shape index (κ3) is 22.3. The van der Waals surface area contributed by atoms with E-state index in [-0.39, 0.29) is 4.90 Å². The van der Waals surface area contributed by atoms with Crippen LogP contribution in [0.4, 0.5) is 0 Å². The first-order valence-electron chi connectivity index (χ1n) is 16.3. The van der Waals surface area contributed by atoms with E-state index in [2.05, 4.69) is 57.8 Å². The van der Waals surface area contributed by atoms with E-state index in [1.54, 1.807) is 6.07 Å². The number of likely N-dealkylation sites (N-methyl/N-ethyl adjacent to an activating group) is 1. The van der Waals surface area contributed by atoms with E-state index >= 15 is 0 Å². The van der Waals surface area contributed by atoms with Crippen molar-refractivity contribution in [1.29, 1.82) is 0 Å². The molecule has 0 heterocycles. The molecule has 0 bridgehead atoms. The summed E-state index contributed by atoms with van der Waals surface area (Å²) in [5, 5.41) is 0. The number of unbranched alkanes of at least 4 members (excludes halogenated alkanes) is 10. The van der Waals surface area contributed by atoms with Crippen molar-refractivity contribution in [2.45, 2.75) is 123 Å². The lowest BCUT2D eigenvalue weighted by atomic mass is 10.0. The topological polar surface area (TPSA) is 57.2 Å². The first-order valence-corrected chi connectivity index (χ1v) is 17.7. The second-order valence-electron chi connectivity index (χ2n) is 10.5. The molecule has 5 heteroatoms. The quantitative estimate of drug-likeness (QED) is 0.0987. The van der Waals surface area contributed by atoms with E-state index in [0.717, 1.165) is 11.0 Å². The van der Waals surface area contributed by atoms with Gasteiger partial charge in [0.2, 0.25) is 0 Å². The van der Waals surface area contributed by atoms with E-state index < -0.39 is 10.1 Å². The first-order chi connectivity index (χ1) is 19.7. The van der Waals surface area contributed by atoms with Crippen LogP contribution in [0.2, 0.25) is 0 Å². The predicted octanol–water partition coefficient (Wildman–Crippen LogP) is 10.5. The summed E-state index contributed by atoms with van der Waals surface area (Å²) < 4.78 is 32.0. The maximum atomic E-state index is 10.3. The molecule has 0 aliphatic heterocycles.